The van der Waals surface area contributed by atoms with Gasteiger partial charge in [-0.15, -0.1) is 22.7 Å². The smallest absolute Gasteiger partial charge is 0.322 e. The molecule has 8 rings (SSSR count). The third-order valence-electron chi connectivity index (χ3n) is 7.93. The molecule has 4 atom stereocenters. The van der Waals surface area contributed by atoms with E-state index in [9.17, 15) is 14.4 Å². The summed E-state index contributed by atoms with van der Waals surface area (Å²) in [7, 11) is 0. The van der Waals surface area contributed by atoms with Gasteiger partial charge in [0.25, 0.3) is 11.8 Å². The van der Waals surface area contributed by atoms with Crippen LogP contribution in [-0.2, 0) is 20.7 Å². The maximum absolute atomic E-state index is 12.6. The first-order valence-corrected chi connectivity index (χ1v) is 17.2. The van der Waals surface area contributed by atoms with Crippen molar-refractivity contribution in [3.8, 4) is 11.5 Å². The highest BCUT2D eigenvalue weighted by atomic mass is 79.9. The van der Waals surface area contributed by atoms with E-state index in [4.69, 9.17) is 21.7 Å². The summed E-state index contributed by atoms with van der Waals surface area (Å²) in [5.41, 5.74) is -0.461. The van der Waals surface area contributed by atoms with Crippen molar-refractivity contribution in [2.24, 2.45) is 0 Å². The lowest BCUT2D eigenvalue weighted by Gasteiger charge is -2.37. The maximum Gasteiger partial charge on any atom is 0.322 e. The van der Waals surface area contributed by atoms with Crippen molar-refractivity contribution in [1.29, 1.82) is 0 Å². The van der Waals surface area contributed by atoms with E-state index in [0.29, 0.717) is 35.0 Å². The van der Waals surface area contributed by atoms with Gasteiger partial charge >= 0.3 is 6.03 Å². The monoisotopic (exact) mass is 772 g/mol. The fraction of sp³-hybridized carbons (Fsp3) is 0.200. The lowest BCUT2D eigenvalue weighted by atomic mass is 9.81. The number of thiocarbonyl (C=S) groups is 1. The molecule has 2 fully saturated rings. The van der Waals surface area contributed by atoms with Crippen molar-refractivity contribution < 1.29 is 23.9 Å². The Balaban J connectivity index is 0.000000142. The molecule has 2 aromatic carbocycles. The van der Waals surface area contributed by atoms with Gasteiger partial charge in [-0.2, -0.15) is 0 Å². The standard InChI is InChI=1S/C15H11BrN2O3S.C15H11BrN2O2S2/c16-8-3-4-10-9(6-8)15(13(19)17-14(20)18-15)7-11(21-10)12-2-1-5-22-12;16-8-3-4-10-9(6-8)15(13(19)17-14(21)18-15)7-11(20-10)12-2-1-5-22-12/h1-6,11H,7H2,(H2,17,18,19,20);1-6,11H,7H2,(H2,17,18,19,21). The van der Waals surface area contributed by atoms with E-state index in [-0.39, 0.29) is 24.0 Å². The number of amides is 4. The van der Waals surface area contributed by atoms with Gasteiger partial charge in [0.15, 0.2) is 16.2 Å². The Morgan fingerprint density at radius 2 is 1.23 bits per heavy atom. The first-order chi connectivity index (χ1) is 21.2. The number of ether oxygens (including phenoxy) is 2. The Labute approximate surface area is 282 Å². The Hall–Kier alpha value is -3.30. The van der Waals surface area contributed by atoms with Crippen molar-refractivity contribution in [3.63, 3.8) is 0 Å². The Bertz CT molecular complexity index is 1690. The number of fused-ring (bicyclic) bond motifs is 4. The van der Waals surface area contributed by atoms with Gasteiger partial charge in [-0.3, -0.25) is 14.9 Å². The van der Waals surface area contributed by atoms with Crippen molar-refractivity contribution >= 4 is 89.7 Å². The number of carbonyl (C=O) groups excluding carboxylic acids is 3. The van der Waals surface area contributed by atoms with Crippen LogP contribution in [0.25, 0.3) is 0 Å². The van der Waals surface area contributed by atoms with Crippen LogP contribution in [0.2, 0.25) is 0 Å². The van der Waals surface area contributed by atoms with E-state index < -0.39 is 17.1 Å². The number of nitrogens with one attached hydrogen (secondary N) is 4. The van der Waals surface area contributed by atoms with Crippen molar-refractivity contribution in [2.45, 2.75) is 36.1 Å². The second-order valence-electron chi connectivity index (χ2n) is 10.6. The third kappa shape index (κ3) is 5.02. The number of halogens is 2. The van der Waals surface area contributed by atoms with Gasteiger partial charge in [-0.25, -0.2) is 4.79 Å². The zero-order chi connectivity index (χ0) is 30.6. The van der Waals surface area contributed by atoms with Crippen molar-refractivity contribution in [3.05, 3.63) is 101 Å². The topological polar surface area (TPSA) is 118 Å². The van der Waals surface area contributed by atoms with Crippen LogP contribution in [0.5, 0.6) is 11.5 Å². The summed E-state index contributed by atoms with van der Waals surface area (Å²) in [5.74, 6) is 0.869. The molecule has 0 aliphatic carbocycles. The van der Waals surface area contributed by atoms with Gasteiger partial charge in [0.2, 0.25) is 0 Å². The molecule has 2 spiro atoms. The minimum atomic E-state index is -1.08. The molecule has 4 aliphatic heterocycles. The summed E-state index contributed by atoms with van der Waals surface area (Å²) in [6, 6.07) is 18.7. The summed E-state index contributed by atoms with van der Waals surface area (Å²) >= 11 is 15.2. The second kappa shape index (κ2) is 11.2. The molecule has 14 heteroatoms. The number of benzene rings is 2. The van der Waals surface area contributed by atoms with Crippen LogP contribution in [0.15, 0.2) is 80.4 Å². The van der Waals surface area contributed by atoms with Crippen LogP contribution in [0.4, 0.5) is 4.79 Å². The van der Waals surface area contributed by atoms with E-state index in [1.54, 1.807) is 22.7 Å². The van der Waals surface area contributed by atoms with E-state index in [0.717, 1.165) is 24.3 Å². The average Bonchev–Trinajstić information content (AvgIpc) is 3.80. The molecule has 0 bridgehead atoms. The van der Waals surface area contributed by atoms with Gasteiger partial charge in [0.1, 0.15) is 23.7 Å². The van der Waals surface area contributed by atoms with Crippen LogP contribution in [0.3, 0.4) is 0 Å². The second-order valence-corrected chi connectivity index (χ2v) is 14.8. The Morgan fingerprint density at radius 3 is 1.64 bits per heavy atom. The van der Waals surface area contributed by atoms with E-state index in [1.165, 1.54) is 0 Å². The highest BCUT2D eigenvalue weighted by Crippen LogP contribution is 2.49. The molecule has 4 amide bonds. The number of imide groups is 1. The molecule has 0 saturated carbocycles. The fourth-order valence-electron chi connectivity index (χ4n) is 5.96. The summed E-state index contributed by atoms with van der Waals surface area (Å²) in [4.78, 5) is 39.0. The average molecular weight is 775 g/mol. The number of carbonyl (C=O) groups is 3. The molecule has 4 aromatic rings. The molecule has 2 aromatic heterocycles. The molecule has 4 N–H and O–H groups in total. The molecule has 4 aliphatic rings. The van der Waals surface area contributed by atoms with Crippen LogP contribution < -0.4 is 30.7 Å². The minimum absolute atomic E-state index is 0.123. The molecular weight excluding hydrogens is 752 g/mol. The highest BCUT2D eigenvalue weighted by molar-refractivity contribution is 9.10. The SMILES string of the molecule is O=C1NC(=O)C2(CC(c3cccs3)Oc3ccc(Br)cc32)N1.O=C1NC(=S)NC12CC(c1cccs1)Oc1ccc(Br)cc12. The fourth-order valence-corrected chi connectivity index (χ4v) is 8.46. The number of hydrogen-bond acceptors (Lipinski definition) is 8. The summed E-state index contributed by atoms with van der Waals surface area (Å²) in [6.45, 7) is 0. The first-order valence-electron chi connectivity index (χ1n) is 13.4. The number of rotatable bonds is 2. The van der Waals surface area contributed by atoms with Gasteiger partial charge in [0, 0.05) is 42.7 Å². The van der Waals surface area contributed by atoms with E-state index in [2.05, 4.69) is 53.1 Å². The Kier molecular flexibility index (Phi) is 7.52. The van der Waals surface area contributed by atoms with E-state index >= 15 is 0 Å². The molecular formula is C30H22Br2N4O5S3. The Morgan fingerprint density at radius 1 is 0.727 bits per heavy atom. The third-order valence-corrected chi connectivity index (χ3v) is 11.0. The molecule has 0 radical (unpaired) electrons. The molecule has 44 heavy (non-hydrogen) atoms. The van der Waals surface area contributed by atoms with Gasteiger partial charge in [-0.1, -0.05) is 44.0 Å². The van der Waals surface area contributed by atoms with E-state index in [1.807, 2.05) is 71.4 Å². The number of urea groups is 1. The van der Waals surface area contributed by atoms with Crippen LogP contribution >= 0.6 is 66.8 Å². The normalized spacial score (nSPS) is 26.3. The number of thiophene rings is 2. The zero-order valence-corrected chi connectivity index (χ0v) is 28.1. The summed E-state index contributed by atoms with van der Waals surface area (Å²) in [5, 5.41) is 15.4. The van der Waals surface area contributed by atoms with Crippen LogP contribution in [0.1, 0.15) is 45.9 Å². The zero-order valence-electron chi connectivity index (χ0n) is 22.5. The lowest BCUT2D eigenvalue weighted by Crippen LogP contribution is -2.48. The molecule has 4 unspecified atom stereocenters. The first kappa shape index (κ1) is 29.4. The van der Waals surface area contributed by atoms with Gasteiger partial charge in [0.05, 0.1) is 0 Å². The molecule has 6 heterocycles. The molecule has 9 nitrogen and oxygen atoms in total. The summed E-state index contributed by atoms with van der Waals surface area (Å²) < 4.78 is 13.9. The van der Waals surface area contributed by atoms with Gasteiger partial charge < -0.3 is 25.4 Å². The van der Waals surface area contributed by atoms with Crippen molar-refractivity contribution in [1.82, 2.24) is 21.3 Å². The lowest BCUT2D eigenvalue weighted by molar-refractivity contribution is -0.126. The van der Waals surface area contributed by atoms with Crippen LogP contribution in [0, 0.1) is 0 Å². The summed E-state index contributed by atoms with van der Waals surface area (Å²) in [6.07, 6.45) is 0.433. The van der Waals surface area contributed by atoms with Crippen LogP contribution in [-0.4, -0.2) is 23.0 Å². The largest absolute Gasteiger partial charge is 0.484 e. The quantitative estimate of drug-likeness (QED) is 0.140. The maximum atomic E-state index is 12.6. The van der Waals surface area contributed by atoms with Gasteiger partial charge in [-0.05, 0) is 71.5 Å². The number of hydrogen-bond donors (Lipinski definition) is 4. The van der Waals surface area contributed by atoms with Crippen molar-refractivity contribution in [2.75, 3.05) is 0 Å². The predicted octanol–water partition coefficient (Wildman–Crippen LogP) is 6.30. The minimum Gasteiger partial charge on any atom is -0.484 e. The molecule has 224 valence electrons. The molecule has 2 saturated heterocycles. The highest BCUT2D eigenvalue weighted by Gasteiger charge is 2.54. The predicted molar refractivity (Wildman–Crippen MR) is 177 cm³/mol.